The topological polar surface area (TPSA) is 58.6 Å². The summed E-state index contributed by atoms with van der Waals surface area (Å²) in [4.78, 5) is 26.8. The van der Waals surface area contributed by atoms with E-state index in [-0.39, 0.29) is 18.2 Å². The third-order valence-electron chi connectivity index (χ3n) is 5.33. The van der Waals surface area contributed by atoms with Gasteiger partial charge in [0.05, 0.1) is 5.92 Å². The zero-order valence-electron chi connectivity index (χ0n) is 17.2. The molecule has 1 aliphatic rings. The lowest BCUT2D eigenvalue weighted by molar-refractivity contribution is -0.122. The number of amides is 2. The lowest BCUT2D eigenvalue weighted by atomic mass is 10.1. The van der Waals surface area contributed by atoms with Gasteiger partial charge in [0.25, 0.3) is 0 Å². The highest BCUT2D eigenvalue weighted by atomic mass is 35.5. The molecule has 3 aromatic rings. The number of aryl methyl sites for hydroxylation is 1. The van der Waals surface area contributed by atoms with Crippen LogP contribution in [0.5, 0.6) is 5.75 Å². The maximum Gasteiger partial charge on any atom is 0.229 e. The number of carbonyl (C=O) groups excluding carboxylic acids is 2. The molecule has 2 amide bonds. The number of hydrogen-bond donors (Lipinski definition) is 1. The van der Waals surface area contributed by atoms with Crippen molar-refractivity contribution in [2.24, 2.45) is 5.92 Å². The standard InChI is InChI=1S/C25H23ClN2O3/c1-17-7-10-21(14-23(17)26)28-15-19(13-24(28)29)25(30)27-20-8-11-22(12-9-20)31-16-18-5-3-2-4-6-18/h2-12,14,19H,13,15-16H2,1H3,(H,27,30). The molecule has 1 N–H and O–H groups in total. The second-order valence-corrected chi connectivity index (χ2v) is 8.03. The van der Waals surface area contributed by atoms with Gasteiger partial charge in [-0.3, -0.25) is 9.59 Å². The highest BCUT2D eigenvalue weighted by Gasteiger charge is 2.35. The van der Waals surface area contributed by atoms with Crippen molar-refractivity contribution >= 4 is 34.8 Å². The summed E-state index contributed by atoms with van der Waals surface area (Å²) in [6.07, 6.45) is 0.176. The van der Waals surface area contributed by atoms with Gasteiger partial charge in [0.2, 0.25) is 11.8 Å². The minimum Gasteiger partial charge on any atom is -0.489 e. The normalized spacial score (nSPS) is 15.7. The lowest BCUT2D eigenvalue weighted by Gasteiger charge is -2.17. The Morgan fingerprint density at radius 1 is 1.10 bits per heavy atom. The van der Waals surface area contributed by atoms with Crippen LogP contribution in [0.25, 0.3) is 0 Å². The molecule has 1 aliphatic heterocycles. The predicted molar refractivity (Wildman–Crippen MR) is 122 cm³/mol. The van der Waals surface area contributed by atoms with Crippen LogP contribution in [-0.2, 0) is 16.2 Å². The highest BCUT2D eigenvalue weighted by molar-refractivity contribution is 6.31. The van der Waals surface area contributed by atoms with E-state index in [2.05, 4.69) is 5.32 Å². The van der Waals surface area contributed by atoms with Gasteiger partial charge >= 0.3 is 0 Å². The Hall–Kier alpha value is -3.31. The molecule has 1 saturated heterocycles. The largest absolute Gasteiger partial charge is 0.489 e. The number of rotatable bonds is 6. The summed E-state index contributed by atoms with van der Waals surface area (Å²) < 4.78 is 5.77. The molecule has 1 heterocycles. The number of halogens is 1. The minimum absolute atomic E-state index is 0.0790. The monoisotopic (exact) mass is 434 g/mol. The number of hydrogen-bond acceptors (Lipinski definition) is 3. The molecule has 0 radical (unpaired) electrons. The molecule has 0 spiro atoms. The van der Waals surface area contributed by atoms with E-state index in [1.807, 2.05) is 61.5 Å². The quantitative estimate of drug-likeness (QED) is 0.578. The molecule has 6 heteroatoms. The van der Waals surface area contributed by atoms with Crippen LogP contribution in [-0.4, -0.2) is 18.4 Å². The van der Waals surface area contributed by atoms with Crippen molar-refractivity contribution in [3.05, 3.63) is 88.9 Å². The summed E-state index contributed by atoms with van der Waals surface area (Å²) in [7, 11) is 0. The first-order chi connectivity index (χ1) is 15.0. The smallest absolute Gasteiger partial charge is 0.229 e. The number of anilines is 2. The summed E-state index contributed by atoms with van der Waals surface area (Å²) in [6, 6.07) is 22.7. The summed E-state index contributed by atoms with van der Waals surface area (Å²) in [5, 5.41) is 3.50. The predicted octanol–water partition coefficient (Wildman–Crippen LogP) is 5.22. The van der Waals surface area contributed by atoms with Crippen LogP contribution in [0.3, 0.4) is 0 Å². The molecule has 158 valence electrons. The molecule has 0 saturated carbocycles. The molecule has 1 unspecified atom stereocenters. The molecule has 31 heavy (non-hydrogen) atoms. The first-order valence-corrected chi connectivity index (χ1v) is 10.5. The van der Waals surface area contributed by atoms with Crippen molar-refractivity contribution in [1.29, 1.82) is 0 Å². The van der Waals surface area contributed by atoms with Crippen LogP contribution >= 0.6 is 11.6 Å². The average Bonchev–Trinajstić information content (AvgIpc) is 3.18. The molecule has 0 bridgehead atoms. The van der Waals surface area contributed by atoms with E-state index in [9.17, 15) is 9.59 Å². The van der Waals surface area contributed by atoms with Gasteiger partial charge in [-0.25, -0.2) is 0 Å². The van der Waals surface area contributed by atoms with Gasteiger partial charge in [0.15, 0.2) is 0 Å². The zero-order valence-corrected chi connectivity index (χ0v) is 17.9. The van der Waals surface area contributed by atoms with Crippen LogP contribution in [0.1, 0.15) is 17.5 Å². The third kappa shape index (κ3) is 5.06. The van der Waals surface area contributed by atoms with Gasteiger partial charge in [-0.1, -0.05) is 48.0 Å². The Morgan fingerprint density at radius 2 is 1.84 bits per heavy atom. The number of nitrogens with one attached hydrogen (secondary N) is 1. The van der Waals surface area contributed by atoms with Gasteiger partial charge < -0.3 is 15.0 Å². The fourth-order valence-corrected chi connectivity index (χ4v) is 3.68. The number of ether oxygens (including phenoxy) is 1. The van der Waals surface area contributed by atoms with Crippen molar-refractivity contribution in [1.82, 2.24) is 0 Å². The lowest BCUT2D eigenvalue weighted by Crippen LogP contribution is -2.28. The van der Waals surface area contributed by atoms with E-state index >= 15 is 0 Å². The van der Waals surface area contributed by atoms with Crippen molar-refractivity contribution in [3.8, 4) is 5.75 Å². The summed E-state index contributed by atoms with van der Waals surface area (Å²) in [5.41, 5.74) is 3.42. The van der Waals surface area contributed by atoms with Crippen LogP contribution in [0, 0.1) is 12.8 Å². The van der Waals surface area contributed by atoms with Gasteiger partial charge in [-0.05, 0) is 54.4 Å². The Bertz CT molecular complexity index is 1080. The molecular weight excluding hydrogens is 412 g/mol. The van der Waals surface area contributed by atoms with E-state index in [0.29, 0.717) is 23.9 Å². The Labute approximate surface area is 186 Å². The average molecular weight is 435 g/mol. The van der Waals surface area contributed by atoms with Crippen molar-refractivity contribution in [2.45, 2.75) is 20.0 Å². The summed E-state index contributed by atoms with van der Waals surface area (Å²) in [6.45, 7) is 2.73. The van der Waals surface area contributed by atoms with Crippen molar-refractivity contribution in [2.75, 3.05) is 16.8 Å². The van der Waals surface area contributed by atoms with Crippen LogP contribution in [0.15, 0.2) is 72.8 Å². The molecule has 1 fully saturated rings. The second kappa shape index (κ2) is 9.23. The van der Waals surface area contributed by atoms with Gasteiger partial charge in [0, 0.05) is 29.4 Å². The number of nitrogens with zero attached hydrogens (tertiary/aromatic N) is 1. The number of carbonyl (C=O) groups is 2. The third-order valence-corrected chi connectivity index (χ3v) is 5.74. The van der Waals surface area contributed by atoms with Gasteiger partial charge in [-0.2, -0.15) is 0 Å². The van der Waals surface area contributed by atoms with Crippen molar-refractivity contribution in [3.63, 3.8) is 0 Å². The van der Waals surface area contributed by atoms with Crippen LogP contribution in [0.4, 0.5) is 11.4 Å². The van der Waals surface area contributed by atoms with Gasteiger partial charge in [0.1, 0.15) is 12.4 Å². The maximum absolute atomic E-state index is 12.7. The molecule has 3 aromatic carbocycles. The van der Waals surface area contributed by atoms with E-state index in [4.69, 9.17) is 16.3 Å². The first-order valence-electron chi connectivity index (χ1n) is 10.1. The van der Waals surface area contributed by atoms with E-state index in [1.54, 1.807) is 23.1 Å². The Balaban J connectivity index is 1.34. The zero-order chi connectivity index (χ0) is 21.8. The highest BCUT2D eigenvalue weighted by Crippen LogP contribution is 2.29. The minimum atomic E-state index is -0.415. The van der Waals surface area contributed by atoms with E-state index in [0.717, 1.165) is 22.6 Å². The molecule has 0 aliphatic carbocycles. The van der Waals surface area contributed by atoms with Crippen LogP contribution < -0.4 is 15.0 Å². The van der Waals surface area contributed by atoms with Crippen molar-refractivity contribution < 1.29 is 14.3 Å². The summed E-state index contributed by atoms with van der Waals surface area (Å²) >= 11 is 6.19. The molecule has 5 nitrogen and oxygen atoms in total. The Kier molecular flexibility index (Phi) is 6.23. The Morgan fingerprint density at radius 3 is 2.55 bits per heavy atom. The maximum atomic E-state index is 12.7. The second-order valence-electron chi connectivity index (χ2n) is 7.63. The SMILES string of the molecule is Cc1ccc(N2CC(C(=O)Nc3ccc(OCc4ccccc4)cc3)CC2=O)cc1Cl. The molecule has 0 aromatic heterocycles. The fraction of sp³-hybridized carbons (Fsp3) is 0.200. The first kappa shape index (κ1) is 20.9. The molecular formula is C25H23ClN2O3. The van der Waals surface area contributed by atoms with Crippen LogP contribution in [0.2, 0.25) is 5.02 Å². The van der Waals surface area contributed by atoms with Gasteiger partial charge in [-0.15, -0.1) is 0 Å². The number of benzene rings is 3. The van der Waals surface area contributed by atoms with E-state index in [1.165, 1.54) is 0 Å². The van der Waals surface area contributed by atoms with E-state index < -0.39 is 5.92 Å². The molecule has 1 atom stereocenters. The summed E-state index contributed by atoms with van der Waals surface area (Å²) in [5.74, 6) is 0.0543. The molecule has 4 rings (SSSR count). The fourth-order valence-electron chi connectivity index (χ4n) is 3.50.